The molecule has 1 atom stereocenters. The van der Waals surface area contributed by atoms with Gasteiger partial charge in [-0.1, -0.05) is 23.2 Å². The number of nitrogens with one attached hydrogen (secondary N) is 3. The van der Waals surface area contributed by atoms with Crippen molar-refractivity contribution in [2.24, 2.45) is 0 Å². The molecule has 1 aromatic carbocycles. The fourth-order valence-corrected chi connectivity index (χ4v) is 4.90. The van der Waals surface area contributed by atoms with Crippen molar-refractivity contribution in [3.63, 3.8) is 0 Å². The first kappa shape index (κ1) is 22.2. The fraction of sp³-hybridized carbons (Fsp3) is 0.235. The number of hydrogen-bond donors (Lipinski definition) is 3. The van der Waals surface area contributed by atoms with Crippen LogP contribution in [0.15, 0.2) is 24.4 Å². The number of amides is 1. The van der Waals surface area contributed by atoms with Crippen molar-refractivity contribution in [1.82, 2.24) is 14.6 Å². The fourth-order valence-electron chi connectivity index (χ4n) is 2.96. The summed E-state index contributed by atoms with van der Waals surface area (Å²) in [5.74, 6) is -4.58. The van der Waals surface area contributed by atoms with Gasteiger partial charge < -0.3 is 10.6 Å². The van der Waals surface area contributed by atoms with Crippen LogP contribution in [0.2, 0.25) is 10.0 Å². The number of carbonyl (C=O) groups excluding carboxylic acids is 1. The predicted octanol–water partition coefficient (Wildman–Crippen LogP) is 2.93. The molecule has 3 rings (SSSR count). The molecule has 160 valence electrons. The van der Waals surface area contributed by atoms with E-state index in [-0.39, 0.29) is 27.0 Å². The molecule has 0 spiro atoms. The van der Waals surface area contributed by atoms with Gasteiger partial charge in [-0.2, -0.15) is 0 Å². The summed E-state index contributed by atoms with van der Waals surface area (Å²) >= 11 is 11.7. The predicted molar refractivity (Wildman–Crippen MR) is 108 cm³/mol. The highest BCUT2D eigenvalue weighted by molar-refractivity contribution is 7.89. The minimum absolute atomic E-state index is 0.0497. The number of anilines is 1. The van der Waals surface area contributed by atoms with Crippen molar-refractivity contribution in [3.05, 3.63) is 57.3 Å². The SMILES string of the molecule is CN1C(=N)N[C@](C)(c2cc(NC(=O)c3ncc(Cl)cc3Cl)cc(F)c2F)CS1(=O)=O. The molecule has 3 N–H and O–H groups in total. The zero-order chi connectivity index (χ0) is 22.4. The third-order valence-electron chi connectivity index (χ3n) is 4.50. The van der Waals surface area contributed by atoms with E-state index in [0.29, 0.717) is 4.31 Å². The van der Waals surface area contributed by atoms with E-state index in [1.54, 1.807) is 0 Å². The van der Waals surface area contributed by atoms with Crippen molar-refractivity contribution in [1.29, 1.82) is 5.41 Å². The normalized spacial score (nSPS) is 20.6. The number of halogens is 4. The van der Waals surface area contributed by atoms with Crippen LogP contribution in [0, 0.1) is 17.0 Å². The lowest BCUT2D eigenvalue weighted by molar-refractivity contribution is 0.102. The second kappa shape index (κ2) is 7.64. The van der Waals surface area contributed by atoms with Crippen LogP contribution in [0.4, 0.5) is 14.5 Å². The molecular weight excluding hydrogens is 463 g/mol. The third kappa shape index (κ3) is 4.05. The lowest BCUT2D eigenvalue weighted by atomic mass is 9.92. The first-order valence-corrected chi connectivity index (χ1v) is 10.7. The zero-order valence-electron chi connectivity index (χ0n) is 15.6. The smallest absolute Gasteiger partial charge is 0.275 e. The molecule has 13 heteroatoms. The van der Waals surface area contributed by atoms with Crippen molar-refractivity contribution in [2.45, 2.75) is 12.5 Å². The van der Waals surface area contributed by atoms with Crippen LogP contribution in [0.5, 0.6) is 0 Å². The Morgan fingerprint density at radius 2 is 2.00 bits per heavy atom. The maximum atomic E-state index is 14.6. The molecule has 8 nitrogen and oxygen atoms in total. The van der Waals surface area contributed by atoms with Crippen LogP contribution in [0.1, 0.15) is 23.0 Å². The van der Waals surface area contributed by atoms with E-state index >= 15 is 0 Å². The average molecular weight is 478 g/mol. The summed E-state index contributed by atoms with van der Waals surface area (Å²) < 4.78 is 54.2. The average Bonchev–Trinajstić information content (AvgIpc) is 2.62. The summed E-state index contributed by atoms with van der Waals surface area (Å²) in [6.07, 6.45) is 1.19. The van der Waals surface area contributed by atoms with Crippen LogP contribution in [0.3, 0.4) is 0 Å². The van der Waals surface area contributed by atoms with Gasteiger partial charge in [-0.3, -0.25) is 10.2 Å². The van der Waals surface area contributed by atoms with E-state index in [4.69, 9.17) is 28.6 Å². The van der Waals surface area contributed by atoms with Crippen LogP contribution in [-0.4, -0.2) is 42.4 Å². The number of nitrogens with zero attached hydrogens (tertiary/aromatic N) is 2. The van der Waals surface area contributed by atoms with Crippen molar-refractivity contribution in [2.75, 3.05) is 18.1 Å². The van der Waals surface area contributed by atoms with Crippen LogP contribution < -0.4 is 10.6 Å². The lowest BCUT2D eigenvalue weighted by Gasteiger charge is -2.40. The van der Waals surface area contributed by atoms with Gasteiger partial charge in [-0.25, -0.2) is 26.5 Å². The second-order valence-corrected chi connectivity index (χ2v) is 9.63. The first-order valence-electron chi connectivity index (χ1n) is 8.29. The highest BCUT2D eigenvalue weighted by Crippen LogP contribution is 2.33. The van der Waals surface area contributed by atoms with Crippen LogP contribution in [-0.2, 0) is 15.6 Å². The van der Waals surface area contributed by atoms with E-state index in [1.165, 1.54) is 26.2 Å². The van der Waals surface area contributed by atoms with Crippen molar-refractivity contribution in [3.8, 4) is 0 Å². The zero-order valence-corrected chi connectivity index (χ0v) is 17.9. The largest absolute Gasteiger partial charge is 0.345 e. The number of guanidine groups is 1. The van der Waals surface area contributed by atoms with Gasteiger partial charge in [0, 0.05) is 30.6 Å². The number of benzene rings is 1. The van der Waals surface area contributed by atoms with E-state index in [2.05, 4.69) is 15.6 Å². The minimum Gasteiger partial charge on any atom is -0.345 e. The standard InChI is InChI=1S/C17H15Cl2F2N5O3S/c1-17(7-30(28,29)26(2)16(22)25-17)10-4-9(5-12(20)13(10)21)24-15(27)14-11(19)3-8(18)6-23-14/h3-6H,7H2,1-2H3,(H2,22,25)(H,24,27)/t17-/m0/s1. The Hall–Kier alpha value is -2.50. The van der Waals surface area contributed by atoms with E-state index in [0.717, 1.165) is 12.1 Å². The molecule has 30 heavy (non-hydrogen) atoms. The molecule has 1 saturated heterocycles. The quantitative estimate of drug-likeness (QED) is 0.628. The van der Waals surface area contributed by atoms with Gasteiger partial charge in [0.05, 0.1) is 21.3 Å². The molecular formula is C17H15Cl2F2N5O3S. The summed E-state index contributed by atoms with van der Waals surface area (Å²) in [6, 6.07) is 3.11. The molecule has 0 saturated carbocycles. The van der Waals surface area contributed by atoms with Gasteiger partial charge in [0.25, 0.3) is 5.91 Å². The first-order chi connectivity index (χ1) is 13.8. The van der Waals surface area contributed by atoms with E-state index in [9.17, 15) is 22.0 Å². The Balaban J connectivity index is 2.00. The maximum absolute atomic E-state index is 14.6. The van der Waals surface area contributed by atoms with Crippen LogP contribution in [0.25, 0.3) is 0 Å². The lowest BCUT2D eigenvalue weighted by Crippen LogP contribution is -2.61. The van der Waals surface area contributed by atoms with Gasteiger partial charge >= 0.3 is 0 Å². The third-order valence-corrected chi connectivity index (χ3v) is 6.95. The van der Waals surface area contributed by atoms with Gasteiger partial charge in [-0.15, -0.1) is 0 Å². The van der Waals surface area contributed by atoms with Crippen molar-refractivity contribution >= 4 is 50.8 Å². The molecule has 2 aromatic rings. The molecule has 1 amide bonds. The second-order valence-electron chi connectivity index (χ2n) is 6.79. The number of rotatable bonds is 3. The number of hydrogen-bond acceptors (Lipinski definition) is 5. The summed E-state index contributed by atoms with van der Waals surface area (Å²) in [6.45, 7) is 1.31. The van der Waals surface area contributed by atoms with Gasteiger partial charge in [0.1, 0.15) is 5.69 Å². The topological polar surface area (TPSA) is 115 Å². The summed E-state index contributed by atoms with van der Waals surface area (Å²) in [5, 5.41) is 12.9. The van der Waals surface area contributed by atoms with E-state index < -0.39 is 44.8 Å². The van der Waals surface area contributed by atoms with Gasteiger partial charge in [-0.05, 0) is 19.1 Å². The molecule has 0 radical (unpaired) electrons. The number of aromatic nitrogens is 1. The van der Waals surface area contributed by atoms with Gasteiger partial charge in [0.15, 0.2) is 11.6 Å². The Bertz CT molecular complexity index is 1180. The molecule has 1 aliphatic heterocycles. The number of sulfonamides is 1. The number of pyridine rings is 1. The Kier molecular flexibility index (Phi) is 5.65. The summed E-state index contributed by atoms with van der Waals surface area (Å²) in [5.41, 5.74) is -2.40. The molecule has 0 unspecified atom stereocenters. The molecule has 1 aliphatic rings. The van der Waals surface area contributed by atoms with Gasteiger partial charge in [0.2, 0.25) is 16.0 Å². The Morgan fingerprint density at radius 1 is 1.33 bits per heavy atom. The summed E-state index contributed by atoms with van der Waals surface area (Å²) in [7, 11) is -2.79. The molecule has 1 aromatic heterocycles. The Labute approximate surface area is 180 Å². The van der Waals surface area contributed by atoms with E-state index in [1.807, 2.05) is 0 Å². The minimum atomic E-state index is -3.95. The molecule has 0 bridgehead atoms. The highest BCUT2D eigenvalue weighted by Gasteiger charge is 2.44. The van der Waals surface area contributed by atoms with Crippen molar-refractivity contribution < 1.29 is 22.0 Å². The molecule has 2 heterocycles. The molecule has 1 fully saturated rings. The summed E-state index contributed by atoms with van der Waals surface area (Å²) in [4.78, 5) is 16.2. The highest BCUT2D eigenvalue weighted by atomic mass is 35.5. The molecule has 0 aliphatic carbocycles. The maximum Gasteiger partial charge on any atom is 0.275 e. The number of carbonyl (C=O) groups is 1. The monoisotopic (exact) mass is 477 g/mol. The van der Waals surface area contributed by atoms with Crippen LogP contribution >= 0.6 is 23.2 Å². The Morgan fingerprint density at radius 3 is 2.60 bits per heavy atom.